The highest BCUT2D eigenvalue weighted by atomic mass is 79.9. The molecule has 0 saturated carbocycles. The minimum atomic E-state index is 0.0249. The number of fused-ring (bicyclic) bond motifs is 1. The Morgan fingerprint density at radius 2 is 1.88 bits per heavy atom. The van der Waals surface area contributed by atoms with E-state index >= 15 is 0 Å². The van der Waals surface area contributed by atoms with E-state index in [0.717, 1.165) is 19.1 Å². The second-order valence-electron chi connectivity index (χ2n) is 3.86. The lowest BCUT2D eigenvalue weighted by molar-refractivity contribution is -0.104. The third-order valence-electron chi connectivity index (χ3n) is 2.79. The Hall–Kier alpha value is -0.670. The molecule has 4 heteroatoms. The van der Waals surface area contributed by atoms with Gasteiger partial charge < -0.3 is 9.47 Å². The number of hydrogen-bond donors (Lipinski definition) is 0. The highest BCUT2D eigenvalue weighted by Crippen LogP contribution is 2.34. The van der Waals surface area contributed by atoms with Gasteiger partial charge in [-0.25, -0.2) is 0 Å². The van der Waals surface area contributed by atoms with Gasteiger partial charge in [-0.3, -0.25) is 4.79 Å². The van der Waals surface area contributed by atoms with Gasteiger partial charge in [0.05, 0.1) is 24.4 Å². The van der Waals surface area contributed by atoms with Crippen molar-refractivity contribution in [1.29, 1.82) is 0 Å². The first-order valence-corrected chi connectivity index (χ1v) is 6.19. The SMILES string of the molecule is O=C/C=C/[C@H]1C[C@@H]2O[C@@H](C=C=CBr)C[C@@H]2O1. The van der Waals surface area contributed by atoms with Crippen molar-refractivity contribution >= 4 is 22.2 Å². The number of carbonyl (C=O) groups is 1. The molecular formula is C12H13BrO3. The Bertz CT molecular complexity index is 330. The Kier molecular flexibility index (Phi) is 4.13. The predicted octanol–water partition coefficient (Wildman–Crippen LogP) is 2.12. The predicted molar refractivity (Wildman–Crippen MR) is 63.3 cm³/mol. The molecule has 2 rings (SSSR count). The van der Waals surface area contributed by atoms with Gasteiger partial charge in [0.1, 0.15) is 6.29 Å². The van der Waals surface area contributed by atoms with Crippen LogP contribution in [0, 0.1) is 0 Å². The van der Waals surface area contributed by atoms with Crippen LogP contribution in [-0.2, 0) is 14.3 Å². The van der Waals surface area contributed by atoms with Gasteiger partial charge in [-0.05, 0) is 12.2 Å². The number of hydrogen-bond acceptors (Lipinski definition) is 3. The summed E-state index contributed by atoms with van der Waals surface area (Å²) < 4.78 is 11.5. The molecule has 0 aromatic rings. The highest BCUT2D eigenvalue weighted by molar-refractivity contribution is 9.11. The van der Waals surface area contributed by atoms with Crippen molar-refractivity contribution in [3.8, 4) is 0 Å². The third kappa shape index (κ3) is 2.71. The molecule has 2 aliphatic rings. The van der Waals surface area contributed by atoms with E-state index in [0.29, 0.717) is 0 Å². The van der Waals surface area contributed by atoms with E-state index in [4.69, 9.17) is 9.47 Å². The van der Waals surface area contributed by atoms with Gasteiger partial charge in [-0.1, -0.05) is 22.0 Å². The van der Waals surface area contributed by atoms with Crippen LogP contribution >= 0.6 is 15.9 Å². The molecular weight excluding hydrogens is 272 g/mol. The molecule has 0 spiro atoms. The van der Waals surface area contributed by atoms with E-state index in [1.54, 1.807) is 11.1 Å². The summed E-state index contributed by atoms with van der Waals surface area (Å²) in [6.07, 6.45) is 8.06. The zero-order valence-electron chi connectivity index (χ0n) is 8.71. The average molecular weight is 285 g/mol. The second-order valence-corrected chi connectivity index (χ2v) is 4.32. The number of ether oxygens (including phenoxy) is 2. The lowest BCUT2D eigenvalue weighted by Gasteiger charge is -2.08. The van der Waals surface area contributed by atoms with E-state index < -0.39 is 0 Å². The fourth-order valence-electron chi connectivity index (χ4n) is 2.15. The van der Waals surface area contributed by atoms with E-state index in [-0.39, 0.29) is 24.4 Å². The molecule has 2 fully saturated rings. The van der Waals surface area contributed by atoms with Crippen LogP contribution in [0.2, 0.25) is 0 Å². The van der Waals surface area contributed by atoms with Crippen molar-refractivity contribution in [2.75, 3.05) is 0 Å². The Labute approximate surface area is 103 Å². The normalized spacial score (nSPS) is 37.1. The second kappa shape index (κ2) is 5.60. The largest absolute Gasteiger partial charge is 0.368 e. The van der Waals surface area contributed by atoms with Crippen LogP contribution in [0.3, 0.4) is 0 Å². The lowest BCUT2D eigenvalue weighted by atomic mass is 10.1. The summed E-state index contributed by atoms with van der Waals surface area (Å²) in [5, 5.41) is 0. The number of halogens is 1. The van der Waals surface area contributed by atoms with E-state index in [2.05, 4.69) is 21.7 Å². The molecule has 0 bridgehead atoms. The molecule has 86 valence electrons. The van der Waals surface area contributed by atoms with Gasteiger partial charge in [0.2, 0.25) is 0 Å². The summed E-state index contributed by atoms with van der Waals surface area (Å²) in [6.45, 7) is 0. The fourth-order valence-corrected chi connectivity index (χ4v) is 2.30. The van der Waals surface area contributed by atoms with Crippen molar-refractivity contribution in [2.45, 2.75) is 37.3 Å². The first kappa shape index (κ1) is 11.8. The molecule has 0 amide bonds. The van der Waals surface area contributed by atoms with Crippen LogP contribution in [-0.4, -0.2) is 30.7 Å². The van der Waals surface area contributed by atoms with Crippen molar-refractivity contribution in [3.63, 3.8) is 0 Å². The average Bonchev–Trinajstić information content (AvgIpc) is 2.80. The summed E-state index contributed by atoms with van der Waals surface area (Å²) in [4.78, 5) is 11.9. The number of aldehydes is 1. The molecule has 0 N–H and O–H groups in total. The van der Waals surface area contributed by atoms with Crippen LogP contribution in [0.15, 0.2) is 28.9 Å². The van der Waals surface area contributed by atoms with Gasteiger partial charge in [0.15, 0.2) is 0 Å². The summed E-state index contributed by atoms with van der Waals surface area (Å²) >= 11 is 3.16. The summed E-state index contributed by atoms with van der Waals surface area (Å²) in [5.74, 6) is 0. The molecule has 4 atom stereocenters. The number of carbonyl (C=O) groups excluding carboxylic acids is 1. The van der Waals surface area contributed by atoms with E-state index in [9.17, 15) is 4.79 Å². The standard InChI is InChI=1S/C12H13BrO3/c13-5-1-3-9-7-11-12(15-9)8-10(16-11)4-2-6-14/h2-6,9-12H,7-8H2/b4-2+/t1?,9-,10-,11-,12-/m0/s1. The quantitative estimate of drug-likeness (QED) is 0.452. The van der Waals surface area contributed by atoms with Gasteiger partial charge >= 0.3 is 0 Å². The highest BCUT2D eigenvalue weighted by Gasteiger charge is 2.42. The molecule has 0 aliphatic carbocycles. The van der Waals surface area contributed by atoms with Crippen LogP contribution < -0.4 is 0 Å². The van der Waals surface area contributed by atoms with Crippen molar-refractivity contribution < 1.29 is 14.3 Å². The number of rotatable bonds is 3. The molecule has 0 aromatic heterocycles. The third-order valence-corrected chi connectivity index (χ3v) is 3.06. The first-order valence-electron chi connectivity index (χ1n) is 5.27. The summed E-state index contributed by atoms with van der Waals surface area (Å²) in [7, 11) is 0. The number of allylic oxidation sites excluding steroid dienone is 1. The molecule has 0 radical (unpaired) electrons. The Balaban J connectivity index is 1.88. The molecule has 2 heterocycles. The van der Waals surface area contributed by atoms with Crippen LogP contribution in [0.5, 0.6) is 0 Å². The maximum Gasteiger partial charge on any atom is 0.142 e. The van der Waals surface area contributed by atoms with Crippen LogP contribution in [0.4, 0.5) is 0 Å². The van der Waals surface area contributed by atoms with Gasteiger partial charge in [-0.2, -0.15) is 0 Å². The van der Waals surface area contributed by atoms with Gasteiger partial charge in [-0.15, -0.1) is 5.73 Å². The van der Waals surface area contributed by atoms with Crippen molar-refractivity contribution in [2.24, 2.45) is 0 Å². The van der Waals surface area contributed by atoms with Crippen molar-refractivity contribution in [1.82, 2.24) is 0 Å². The molecule has 2 aliphatic heterocycles. The van der Waals surface area contributed by atoms with Crippen molar-refractivity contribution in [3.05, 3.63) is 28.9 Å². The van der Waals surface area contributed by atoms with E-state index in [1.165, 1.54) is 6.08 Å². The zero-order valence-corrected chi connectivity index (χ0v) is 10.3. The van der Waals surface area contributed by atoms with Gasteiger partial charge in [0, 0.05) is 17.8 Å². The molecule has 0 unspecified atom stereocenters. The maximum atomic E-state index is 10.2. The minimum Gasteiger partial charge on any atom is -0.368 e. The van der Waals surface area contributed by atoms with Gasteiger partial charge in [0.25, 0.3) is 0 Å². The maximum absolute atomic E-state index is 10.2. The topological polar surface area (TPSA) is 35.5 Å². The molecule has 16 heavy (non-hydrogen) atoms. The van der Waals surface area contributed by atoms with Crippen LogP contribution in [0.1, 0.15) is 12.8 Å². The molecule has 2 saturated heterocycles. The first-order chi connectivity index (χ1) is 7.83. The fraction of sp³-hybridized carbons (Fsp3) is 0.500. The van der Waals surface area contributed by atoms with Crippen LogP contribution in [0.25, 0.3) is 0 Å². The summed E-state index contributed by atoms with van der Waals surface area (Å²) in [6, 6.07) is 0. The molecule has 0 aromatic carbocycles. The van der Waals surface area contributed by atoms with E-state index in [1.807, 2.05) is 6.08 Å². The molecule has 3 nitrogen and oxygen atoms in total. The monoisotopic (exact) mass is 284 g/mol. The lowest BCUT2D eigenvalue weighted by Crippen LogP contribution is -2.13. The Morgan fingerprint density at radius 3 is 2.56 bits per heavy atom. The summed E-state index contributed by atoms with van der Waals surface area (Å²) in [5.41, 5.74) is 2.95. The Morgan fingerprint density at radius 1 is 1.19 bits per heavy atom. The smallest absolute Gasteiger partial charge is 0.142 e. The minimum absolute atomic E-state index is 0.0249. The zero-order chi connectivity index (χ0) is 11.4.